The molecule has 1 unspecified atom stereocenters. The molecule has 1 aromatic heterocycles. The summed E-state index contributed by atoms with van der Waals surface area (Å²) < 4.78 is 25.4. The van der Waals surface area contributed by atoms with Gasteiger partial charge in [0.15, 0.2) is 11.9 Å². The van der Waals surface area contributed by atoms with Crippen LogP contribution in [0, 0.1) is 11.3 Å². The number of halogens is 1. The van der Waals surface area contributed by atoms with Crippen molar-refractivity contribution >= 4 is 22.9 Å². The van der Waals surface area contributed by atoms with Crippen molar-refractivity contribution < 1.29 is 18.7 Å². The van der Waals surface area contributed by atoms with Crippen LogP contribution in [0.2, 0.25) is 0 Å². The molecule has 0 saturated carbocycles. The molecule has 2 heterocycles. The lowest BCUT2D eigenvalue weighted by Gasteiger charge is -2.23. The van der Waals surface area contributed by atoms with E-state index in [1.165, 1.54) is 0 Å². The van der Waals surface area contributed by atoms with Gasteiger partial charge in [-0.1, -0.05) is 6.07 Å². The predicted molar refractivity (Wildman–Crippen MR) is 84.4 cm³/mol. The fraction of sp³-hybridized carbons (Fsp3) is 0.353. The van der Waals surface area contributed by atoms with Crippen LogP contribution in [0.15, 0.2) is 24.0 Å². The molecule has 1 saturated heterocycles. The number of rotatable bonds is 3. The van der Waals surface area contributed by atoms with Gasteiger partial charge in [-0.2, -0.15) is 14.8 Å². The molecule has 0 radical (unpaired) electrons. The van der Waals surface area contributed by atoms with Gasteiger partial charge < -0.3 is 9.47 Å². The van der Waals surface area contributed by atoms with Gasteiger partial charge in [-0.15, -0.1) is 0 Å². The predicted octanol–water partition coefficient (Wildman–Crippen LogP) is 3.09. The van der Waals surface area contributed by atoms with E-state index in [-0.39, 0.29) is 6.23 Å². The number of nitriles is 1. The van der Waals surface area contributed by atoms with Gasteiger partial charge >= 0.3 is 5.97 Å². The number of methoxy groups -OCH3 is 1. The van der Waals surface area contributed by atoms with Crippen LogP contribution in [0.1, 0.15) is 36.7 Å². The number of fused-ring (bicyclic) bond motifs is 1. The maximum Gasteiger partial charge on any atom is 0.366 e. The molecule has 1 aliphatic heterocycles. The highest BCUT2D eigenvalue weighted by Crippen LogP contribution is 2.29. The highest BCUT2D eigenvalue weighted by Gasteiger charge is 2.21. The maximum atomic E-state index is 13.7. The van der Waals surface area contributed by atoms with E-state index in [1.807, 2.05) is 0 Å². The van der Waals surface area contributed by atoms with Crippen molar-refractivity contribution in [2.75, 3.05) is 13.7 Å². The number of carbonyl (C=O) groups excluding carboxylic acids is 1. The normalized spacial score (nSPS) is 18.4. The Labute approximate surface area is 138 Å². The third kappa shape index (κ3) is 3.01. The van der Waals surface area contributed by atoms with E-state index in [4.69, 9.17) is 4.74 Å². The Morgan fingerprint density at radius 3 is 3.04 bits per heavy atom. The minimum absolute atomic E-state index is 0.243. The maximum absolute atomic E-state index is 13.7. The summed E-state index contributed by atoms with van der Waals surface area (Å²) in [6.07, 6.45) is 3.67. The standard InChI is InChI=1S/C17H16FN3O3/c1-23-17(22)13(18)8-11-5-6-12-14(10-19)20-21(15(12)9-11)16-4-2-3-7-24-16/h5-6,8-9,16H,2-4,7H2,1H3/b13-8-. The first kappa shape index (κ1) is 16.1. The van der Waals surface area contributed by atoms with Gasteiger partial charge in [0.2, 0.25) is 5.83 Å². The molecular formula is C17H16FN3O3. The Balaban J connectivity index is 2.07. The lowest BCUT2D eigenvalue weighted by atomic mass is 10.1. The van der Waals surface area contributed by atoms with Crippen molar-refractivity contribution in [3.8, 4) is 6.07 Å². The van der Waals surface area contributed by atoms with Gasteiger partial charge in [-0.25, -0.2) is 9.48 Å². The van der Waals surface area contributed by atoms with Crippen molar-refractivity contribution in [1.82, 2.24) is 9.78 Å². The summed E-state index contributed by atoms with van der Waals surface area (Å²) in [5.41, 5.74) is 1.44. The summed E-state index contributed by atoms with van der Waals surface area (Å²) in [6, 6.07) is 7.07. The summed E-state index contributed by atoms with van der Waals surface area (Å²) in [7, 11) is 1.12. The number of hydrogen-bond acceptors (Lipinski definition) is 5. The second kappa shape index (κ2) is 6.81. The van der Waals surface area contributed by atoms with Crippen molar-refractivity contribution in [2.24, 2.45) is 0 Å². The zero-order valence-corrected chi connectivity index (χ0v) is 13.2. The molecule has 3 rings (SSSR count). The first-order valence-electron chi connectivity index (χ1n) is 7.63. The number of esters is 1. The van der Waals surface area contributed by atoms with E-state index in [0.29, 0.717) is 28.8 Å². The van der Waals surface area contributed by atoms with E-state index in [0.717, 1.165) is 32.4 Å². The molecule has 1 aromatic carbocycles. The highest BCUT2D eigenvalue weighted by molar-refractivity contribution is 5.92. The summed E-state index contributed by atoms with van der Waals surface area (Å²) in [4.78, 5) is 11.2. The van der Waals surface area contributed by atoms with Crippen molar-refractivity contribution in [3.05, 3.63) is 35.3 Å². The van der Waals surface area contributed by atoms with Crippen LogP contribution < -0.4 is 0 Å². The fourth-order valence-corrected chi connectivity index (χ4v) is 2.77. The molecule has 0 spiro atoms. The number of benzene rings is 1. The number of hydrogen-bond donors (Lipinski definition) is 0. The summed E-state index contributed by atoms with van der Waals surface area (Å²) >= 11 is 0. The summed E-state index contributed by atoms with van der Waals surface area (Å²) in [6.45, 7) is 0.643. The van der Waals surface area contributed by atoms with Crippen LogP contribution in [0.3, 0.4) is 0 Å². The van der Waals surface area contributed by atoms with Gasteiger partial charge in [0.25, 0.3) is 0 Å². The van der Waals surface area contributed by atoms with Crippen LogP contribution in [0.25, 0.3) is 17.0 Å². The smallest absolute Gasteiger partial charge is 0.366 e. The first-order valence-corrected chi connectivity index (χ1v) is 7.63. The van der Waals surface area contributed by atoms with E-state index < -0.39 is 11.8 Å². The average molecular weight is 329 g/mol. The molecule has 0 bridgehead atoms. The zero-order chi connectivity index (χ0) is 17.1. The lowest BCUT2D eigenvalue weighted by Crippen LogP contribution is -2.19. The number of aromatic nitrogens is 2. The van der Waals surface area contributed by atoms with Crippen LogP contribution >= 0.6 is 0 Å². The quantitative estimate of drug-likeness (QED) is 0.639. The largest absolute Gasteiger partial charge is 0.464 e. The van der Waals surface area contributed by atoms with Crippen molar-refractivity contribution in [2.45, 2.75) is 25.5 Å². The zero-order valence-electron chi connectivity index (χ0n) is 13.2. The van der Waals surface area contributed by atoms with E-state index >= 15 is 0 Å². The van der Waals surface area contributed by atoms with E-state index in [2.05, 4.69) is 15.9 Å². The van der Waals surface area contributed by atoms with Crippen LogP contribution in [-0.2, 0) is 14.3 Å². The minimum Gasteiger partial charge on any atom is -0.464 e. The fourth-order valence-electron chi connectivity index (χ4n) is 2.77. The Morgan fingerprint density at radius 1 is 1.54 bits per heavy atom. The summed E-state index contributed by atoms with van der Waals surface area (Å²) in [5.74, 6) is -2.02. The number of nitrogens with zero attached hydrogens (tertiary/aromatic N) is 3. The van der Waals surface area contributed by atoms with Crippen LogP contribution in [0.5, 0.6) is 0 Å². The van der Waals surface area contributed by atoms with Gasteiger partial charge in [-0.05, 0) is 43.0 Å². The SMILES string of the molecule is COC(=O)/C(F)=C/c1ccc2c(C#N)nn(C3CCCCO3)c2c1. The molecule has 1 atom stereocenters. The molecule has 0 aliphatic carbocycles. The molecule has 6 nitrogen and oxygen atoms in total. The molecule has 124 valence electrons. The molecule has 0 amide bonds. The molecule has 1 fully saturated rings. The Morgan fingerprint density at radius 2 is 2.38 bits per heavy atom. The third-order valence-corrected chi connectivity index (χ3v) is 3.94. The van der Waals surface area contributed by atoms with Crippen molar-refractivity contribution in [1.29, 1.82) is 5.26 Å². The summed E-state index contributed by atoms with van der Waals surface area (Å²) in [5, 5.41) is 14.3. The van der Waals surface area contributed by atoms with Gasteiger partial charge in [0, 0.05) is 12.0 Å². The Hall–Kier alpha value is -2.72. The highest BCUT2D eigenvalue weighted by atomic mass is 19.1. The van der Waals surface area contributed by atoms with E-state index in [9.17, 15) is 14.4 Å². The topological polar surface area (TPSA) is 77.1 Å². The number of ether oxygens (including phenoxy) is 2. The second-order valence-corrected chi connectivity index (χ2v) is 5.49. The molecule has 1 aliphatic rings. The Bertz CT molecular complexity index is 845. The second-order valence-electron chi connectivity index (χ2n) is 5.49. The minimum atomic E-state index is -1.03. The van der Waals surface area contributed by atoms with Gasteiger partial charge in [0.1, 0.15) is 6.07 Å². The molecule has 2 aromatic rings. The van der Waals surface area contributed by atoms with Crippen molar-refractivity contribution in [3.63, 3.8) is 0 Å². The van der Waals surface area contributed by atoms with Gasteiger partial charge in [-0.3, -0.25) is 0 Å². The Kier molecular flexibility index (Phi) is 4.58. The molecule has 7 heteroatoms. The first-order chi connectivity index (χ1) is 11.6. The average Bonchev–Trinajstić information content (AvgIpc) is 2.99. The molecule has 24 heavy (non-hydrogen) atoms. The van der Waals surface area contributed by atoms with Crippen LogP contribution in [-0.4, -0.2) is 29.5 Å². The van der Waals surface area contributed by atoms with Gasteiger partial charge in [0.05, 0.1) is 12.6 Å². The third-order valence-electron chi connectivity index (χ3n) is 3.94. The van der Waals surface area contributed by atoms with Crippen LogP contribution in [0.4, 0.5) is 4.39 Å². The van der Waals surface area contributed by atoms with E-state index in [1.54, 1.807) is 22.9 Å². The lowest BCUT2D eigenvalue weighted by molar-refractivity contribution is -0.137. The monoisotopic (exact) mass is 329 g/mol. The molecular weight excluding hydrogens is 313 g/mol. The number of carbonyl (C=O) groups is 1. The molecule has 0 N–H and O–H groups in total.